The third-order valence-corrected chi connectivity index (χ3v) is 6.12. The maximum atomic E-state index is 12.6. The van der Waals surface area contributed by atoms with Crippen LogP contribution >= 0.6 is 0 Å². The van der Waals surface area contributed by atoms with Crippen LogP contribution < -0.4 is 8.61 Å². The topological polar surface area (TPSA) is 67.7 Å². The normalized spacial score (nSPS) is 22.1. The Morgan fingerprint density at radius 2 is 1.86 bits per heavy atom. The lowest BCUT2D eigenvalue weighted by Crippen LogP contribution is -2.48. The van der Waals surface area contributed by atoms with E-state index in [4.69, 9.17) is 5.26 Å². The summed E-state index contributed by atoms with van der Waals surface area (Å²) in [5.41, 5.74) is 1.50. The first-order valence-electron chi connectivity index (χ1n) is 7.02. The molecule has 6 nitrogen and oxygen atoms in total. The molecule has 0 spiro atoms. The number of rotatable bonds is 2. The summed E-state index contributed by atoms with van der Waals surface area (Å²) < 4.78 is 28.2. The van der Waals surface area contributed by atoms with E-state index in [1.165, 1.54) is 4.31 Å². The van der Waals surface area contributed by atoms with Crippen molar-refractivity contribution in [2.45, 2.75) is 18.9 Å². The highest BCUT2D eigenvalue weighted by atomic mass is 32.2. The summed E-state index contributed by atoms with van der Waals surface area (Å²) in [6.07, 6.45) is 1.51. The van der Waals surface area contributed by atoms with Gasteiger partial charge in [-0.25, -0.2) is 4.31 Å². The second-order valence-electron chi connectivity index (χ2n) is 5.43. The van der Waals surface area contributed by atoms with Crippen molar-refractivity contribution in [1.29, 1.82) is 5.26 Å². The first-order valence-corrected chi connectivity index (χ1v) is 8.42. The van der Waals surface area contributed by atoms with Crippen molar-refractivity contribution in [3.63, 3.8) is 0 Å². The standard InChI is InChI=1S/C14H18N4O2S/c1-16-13-4-2-3-5-14(13)18(21(16,19)20)12-6-9-17(10-7-12)11-8-15/h2-5,12H,6-7,9-11H2,1H3. The van der Waals surface area contributed by atoms with Gasteiger partial charge in [0, 0.05) is 26.2 Å². The lowest BCUT2D eigenvalue weighted by Gasteiger charge is -2.35. The Labute approximate surface area is 125 Å². The number of para-hydroxylation sites is 2. The second kappa shape index (κ2) is 5.20. The van der Waals surface area contributed by atoms with Gasteiger partial charge in [0.15, 0.2) is 0 Å². The second-order valence-corrected chi connectivity index (χ2v) is 7.26. The van der Waals surface area contributed by atoms with Crippen molar-refractivity contribution in [2.24, 2.45) is 0 Å². The molecule has 0 amide bonds. The minimum atomic E-state index is -3.47. The predicted molar refractivity (Wildman–Crippen MR) is 81.3 cm³/mol. The zero-order valence-electron chi connectivity index (χ0n) is 11.9. The third-order valence-electron chi connectivity index (χ3n) is 4.24. The fraction of sp³-hybridized carbons (Fsp3) is 0.500. The number of anilines is 2. The minimum absolute atomic E-state index is 0.0314. The monoisotopic (exact) mass is 306 g/mol. The molecule has 0 N–H and O–H groups in total. The van der Waals surface area contributed by atoms with Gasteiger partial charge in [-0.1, -0.05) is 12.1 Å². The minimum Gasteiger partial charge on any atom is -0.290 e. The van der Waals surface area contributed by atoms with E-state index >= 15 is 0 Å². The summed E-state index contributed by atoms with van der Waals surface area (Å²) in [6.45, 7) is 1.93. The lowest BCUT2D eigenvalue weighted by molar-refractivity contribution is 0.237. The van der Waals surface area contributed by atoms with Crippen molar-refractivity contribution in [1.82, 2.24) is 4.90 Å². The van der Waals surface area contributed by atoms with E-state index < -0.39 is 10.2 Å². The van der Waals surface area contributed by atoms with E-state index in [2.05, 4.69) is 11.0 Å². The fourth-order valence-electron chi connectivity index (χ4n) is 3.09. The van der Waals surface area contributed by atoms with Gasteiger partial charge in [0.2, 0.25) is 0 Å². The molecule has 0 aromatic heterocycles. The van der Waals surface area contributed by atoms with E-state index in [-0.39, 0.29) is 6.04 Å². The van der Waals surface area contributed by atoms with Crippen molar-refractivity contribution >= 4 is 21.6 Å². The molecule has 1 fully saturated rings. The van der Waals surface area contributed by atoms with Crippen LogP contribution in [-0.2, 0) is 10.2 Å². The van der Waals surface area contributed by atoms with Gasteiger partial charge in [0.25, 0.3) is 0 Å². The molecular formula is C14H18N4O2S. The Morgan fingerprint density at radius 3 is 2.48 bits per heavy atom. The van der Waals surface area contributed by atoms with Gasteiger partial charge in [-0.05, 0) is 25.0 Å². The van der Waals surface area contributed by atoms with Crippen molar-refractivity contribution in [2.75, 3.05) is 35.3 Å². The molecule has 0 aliphatic carbocycles. The number of hydrogen-bond acceptors (Lipinski definition) is 4. The first kappa shape index (κ1) is 14.2. The highest BCUT2D eigenvalue weighted by Gasteiger charge is 2.42. The third kappa shape index (κ3) is 2.24. The van der Waals surface area contributed by atoms with Gasteiger partial charge in [0.1, 0.15) is 0 Å². The largest absolute Gasteiger partial charge is 0.326 e. The summed E-state index contributed by atoms with van der Waals surface area (Å²) in [4.78, 5) is 2.06. The van der Waals surface area contributed by atoms with Crippen molar-refractivity contribution in [3.05, 3.63) is 24.3 Å². The Kier molecular flexibility index (Phi) is 3.51. The summed E-state index contributed by atoms with van der Waals surface area (Å²) in [6, 6.07) is 9.52. The van der Waals surface area contributed by atoms with Crippen LogP contribution in [0.1, 0.15) is 12.8 Å². The van der Waals surface area contributed by atoms with Crippen molar-refractivity contribution < 1.29 is 8.42 Å². The zero-order valence-corrected chi connectivity index (χ0v) is 12.8. The Morgan fingerprint density at radius 1 is 1.24 bits per heavy atom. The molecule has 21 heavy (non-hydrogen) atoms. The molecule has 3 rings (SSSR count). The van der Waals surface area contributed by atoms with Crippen LogP contribution in [0.4, 0.5) is 11.4 Å². The molecule has 7 heteroatoms. The molecule has 0 radical (unpaired) electrons. The molecule has 1 aromatic rings. The van der Waals surface area contributed by atoms with Gasteiger partial charge in [-0.2, -0.15) is 13.7 Å². The number of fused-ring (bicyclic) bond motifs is 1. The molecule has 2 heterocycles. The molecule has 2 aliphatic rings. The Hall–Kier alpha value is -1.78. The number of nitriles is 1. The molecule has 1 aromatic carbocycles. The fourth-order valence-corrected chi connectivity index (χ4v) is 4.75. The number of hydrogen-bond donors (Lipinski definition) is 0. The number of piperidine rings is 1. The Bertz CT molecular complexity index is 674. The molecule has 0 atom stereocenters. The molecular weight excluding hydrogens is 288 g/mol. The molecule has 0 bridgehead atoms. The SMILES string of the molecule is CN1c2ccccc2N(C2CCN(CC#N)CC2)S1(=O)=O. The molecule has 1 saturated heterocycles. The van der Waals surface area contributed by atoms with Crippen LogP contribution in [0, 0.1) is 11.3 Å². The number of likely N-dealkylation sites (tertiary alicyclic amines) is 1. The Balaban J connectivity index is 1.87. The van der Waals surface area contributed by atoms with Crippen LogP contribution in [-0.4, -0.2) is 46.0 Å². The lowest BCUT2D eigenvalue weighted by atomic mass is 10.0. The van der Waals surface area contributed by atoms with Gasteiger partial charge in [-0.3, -0.25) is 9.21 Å². The zero-order chi connectivity index (χ0) is 15.0. The van der Waals surface area contributed by atoms with E-state index in [9.17, 15) is 8.42 Å². The summed E-state index contributed by atoms with van der Waals surface area (Å²) in [5.74, 6) is 0. The van der Waals surface area contributed by atoms with Crippen LogP contribution in [0.2, 0.25) is 0 Å². The average Bonchev–Trinajstić information content (AvgIpc) is 2.68. The molecule has 112 valence electrons. The average molecular weight is 306 g/mol. The summed E-state index contributed by atoms with van der Waals surface area (Å²) >= 11 is 0. The van der Waals surface area contributed by atoms with E-state index in [1.54, 1.807) is 11.4 Å². The smallest absolute Gasteiger partial charge is 0.290 e. The maximum Gasteiger partial charge on any atom is 0.326 e. The van der Waals surface area contributed by atoms with Crippen LogP contribution in [0.25, 0.3) is 0 Å². The van der Waals surface area contributed by atoms with Gasteiger partial charge in [0.05, 0.1) is 24.0 Å². The maximum absolute atomic E-state index is 12.6. The molecule has 0 unspecified atom stereocenters. The number of nitrogens with zero attached hydrogens (tertiary/aromatic N) is 4. The quantitative estimate of drug-likeness (QED) is 0.769. The molecule has 2 aliphatic heterocycles. The van der Waals surface area contributed by atoms with E-state index in [0.717, 1.165) is 37.3 Å². The van der Waals surface area contributed by atoms with E-state index in [0.29, 0.717) is 6.54 Å². The van der Waals surface area contributed by atoms with Crippen LogP contribution in [0.5, 0.6) is 0 Å². The summed E-state index contributed by atoms with van der Waals surface area (Å²) in [7, 11) is -1.87. The van der Waals surface area contributed by atoms with Crippen molar-refractivity contribution in [3.8, 4) is 6.07 Å². The van der Waals surface area contributed by atoms with Crippen LogP contribution in [0.3, 0.4) is 0 Å². The predicted octanol–water partition coefficient (Wildman–Crippen LogP) is 1.18. The highest BCUT2D eigenvalue weighted by Crippen LogP contribution is 2.42. The van der Waals surface area contributed by atoms with Gasteiger partial charge < -0.3 is 0 Å². The number of benzene rings is 1. The first-order chi connectivity index (χ1) is 10.1. The van der Waals surface area contributed by atoms with E-state index in [1.807, 2.05) is 24.3 Å². The highest BCUT2D eigenvalue weighted by molar-refractivity contribution is 7.94. The summed E-state index contributed by atoms with van der Waals surface area (Å²) in [5, 5.41) is 8.74. The van der Waals surface area contributed by atoms with Gasteiger partial charge >= 0.3 is 10.2 Å². The molecule has 0 saturated carbocycles. The van der Waals surface area contributed by atoms with Gasteiger partial charge in [-0.15, -0.1) is 0 Å². The van der Waals surface area contributed by atoms with Crippen LogP contribution in [0.15, 0.2) is 24.3 Å².